The molecule has 4 nitrogen and oxygen atoms in total. The van der Waals surface area contributed by atoms with Crippen LogP contribution >= 0.6 is 34.3 Å². The van der Waals surface area contributed by atoms with Gasteiger partial charge in [-0.1, -0.05) is 58.4 Å². The van der Waals surface area contributed by atoms with E-state index in [0.29, 0.717) is 26.6 Å². The Morgan fingerprint density at radius 1 is 1.23 bits per heavy atom. The summed E-state index contributed by atoms with van der Waals surface area (Å²) in [4.78, 5) is 19.1. The van der Waals surface area contributed by atoms with Crippen LogP contribution in [-0.4, -0.2) is 16.1 Å². The van der Waals surface area contributed by atoms with Gasteiger partial charge in [0.15, 0.2) is 5.13 Å². The zero-order valence-electron chi connectivity index (χ0n) is 18.1. The summed E-state index contributed by atoms with van der Waals surface area (Å²) in [6, 6.07) is 7.92. The van der Waals surface area contributed by atoms with Gasteiger partial charge in [0.05, 0.1) is 11.4 Å². The van der Waals surface area contributed by atoms with Crippen LogP contribution in [0.1, 0.15) is 59.6 Å². The number of carbonyl (C=O) groups is 1. The number of hydrogen-bond acceptors (Lipinski definition) is 5. The first-order chi connectivity index (χ1) is 14.0. The quantitative estimate of drug-likeness (QED) is 0.392. The topological polar surface area (TPSA) is 62.2 Å². The third-order valence-corrected chi connectivity index (χ3v) is 7.59. The number of carboxylic acid groups (broad SMARTS) is 1. The molecule has 0 spiro atoms. The lowest BCUT2D eigenvalue weighted by molar-refractivity contribution is 0.0703. The maximum absolute atomic E-state index is 11.8. The molecule has 0 radical (unpaired) electrons. The Morgan fingerprint density at radius 2 is 1.93 bits per heavy atom. The summed E-state index contributed by atoms with van der Waals surface area (Å²) < 4.78 is 0. The van der Waals surface area contributed by atoms with E-state index in [1.807, 2.05) is 31.2 Å². The number of rotatable bonds is 6. The summed E-state index contributed by atoms with van der Waals surface area (Å²) in [5.74, 6) is -0.455. The molecule has 0 amide bonds. The molecular weight excluding hydrogens is 436 g/mol. The van der Waals surface area contributed by atoms with Gasteiger partial charge in [0.25, 0.3) is 0 Å². The van der Waals surface area contributed by atoms with Crippen molar-refractivity contribution in [2.24, 2.45) is 5.92 Å². The normalized spacial score (nSPS) is 11.9. The highest BCUT2D eigenvalue weighted by atomic mass is 35.5. The van der Waals surface area contributed by atoms with Gasteiger partial charge in [-0.3, -0.25) is 0 Å². The molecule has 2 aromatic heterocycles. The Morgan fingerprint density at radius 3 is 2.50 bits per heavy atom. The van der Waals surface area contributed by atoms with Crippen molar-refractivity contribution in [1.29, 1.82) is 0 Å². The number of aromatic nitrogens is 1. The fourth-order valence-corrected chi connectivity index (χ4v) is 5.41. The monoisotopic (exact) mass is 462 g/mol. The molecule has 0 saturated heterocycles. The summed E-state index contributed by atoms with van der Waals surface area (Å²) >= 11 is 9.24. The van der Waals surface area contributed by atoms with Crippen molar-refractivity contribution in [1.82, 2.24) is 4.98 Å². The van der Waals surface area contributed by atoms with Gasteiger partial charge in [-0.2, -0.15) is 0 Å². The minimum atomic E-state index is -0.928. The second-order valence-electron chi connectivity index (χ2n) is 8.89. The van der Waals surface area contributed by atoms with Gasteiger partial charge in [-0.25, -0.2) is 9.78 Å². The fraction of sp³-hybridized carbons (Fsp3) is 0.391. The smallest absolute Gasteiger partial charge is 0.348 e. The Labute approximate surface area is 191 Å². The van der Waals surface area contributed by atoms with Gasteiger partial charge in [0, 0.05) is 20.3 Å². The second kappa shape index (κ2) is 8.69. The van der Waals surface area contributed by atoms with Gasteiger partial charge in [-0.15, -0.1) is 22.7 Å². The maximum atomic E-state index is 11.8. The zero-order valence-corrected chi connectivity index (χ0v) is 20.5. The predicted octanol–water partition coefficient (Wildman–Crippen LogP) is 7.77. The van der Waals surface area contributed by atoms with Crippen molar-refractivity contribution in [3.05, 3.63) is 49.5 Å². The second-order valence-corrected chi connectivity index (χ2v) is 11.4. The first-order valence-electron chi connectivity index (χ1n) is 9.86. The number of carboxylic acids is 1. The summed E-state index contributed by atoms with van der Waals surface area (Å²) in [5, 5.41) is 14.4. The van der Waals surface area contributed by atoms with Crippen LogP contribution in [-0.2, 0) is 11.8 Å². The van der Waals surface area contributed by atoms with Gasteiger partial charge in [0.2, 0.25) is 0 Å². The highest BCUT2D eigenvalue weighted by molar-refractivity contribution is 7.16. The molecule has 160 valence electrons. The van der Waals surface area contributed by atoms with Crippen molar-refractivity contribution < 1.29 is 9.90 Å². The lowest BCUT2D eigenvalue weighted by atomic mass is 9.94. The molecule has 0 atom stereocenters. The average Bonchev–Trinajstić information content (AvgIpc) is 3.21. The number of thiazole rings is 1. The van der Waals surface area contributed by atoms with Gasteiger partial charge >= 0.3 is 5.97 Å². The Balaban J connectivity index is 2.03. The van der Waals surface area contributed by atoms with Gasteiger partial charge < -0.3 is 10.4 Å². The SMILES string of the molecule is Cc1ccc(-c2nc(Nc3cc(C(C)(C)C)sc3C(=O)O)sc2CC(C)C)cc1Cl. The van der Waals surface area contributed by atoms with E-state index in [2.05, 4.69) is 39.9 Å². The number of hydrogen-bond donors (Lipinski definition) is 2. The predicted molar refractivity (Wildman–Crippen MR) is 129 cm³/mol. The number of benzene rings is 1. The maximum Gasteiger partial charge on any atom is 0.348 e. The molecule has 3 aromatic rings. The molecule has 0 aliphatic carbocycles. The third-order valence-electron chi connectivity index (χ3n) is 4.64. The molecule has 0 aliphatic rings. The van der Waals surface area contributed by atoms with Crippen molar-refractivity contribution in [2.45, 2.75) is 53.4 Å². The number of anilines is 2. The first kappa shape index (κ1) is 22.8. The van der Waals surface area contributed by atoms with Crippen LogP contribution in [0.4, 0.5) is 10.8 Å². The first-order valence-corrected chi connectivity index (χ1v) is 11.9. The van der Waals surface area contributed by atoms with Crippen LogP contribution in [0.2, 0.25) is 5.02 Å². The zero-order chi connectivity index (χ0) is 22.2. The Kier molecular flexibility index (Phi) is 6.60. The number of nitrogens with zero attached hydrogens (tertiary/aromatic N) is 1. The van der Waals surface area contributed by atoms with E-state index in [1.54, 1.807) is 11.3 Å². The standard InChI is InChI=1S/C23H27ClN2O2S2/c1-12(2)9-17-19(14-8-7-13(3)15(24)10-14)26-22(29-17)25-16-11-18(23(4,5)6)30-20(16)21(27)28/h7-8,10-12H,9H2,1-6H3,(H,25,26)(H,27,28). The van der Waals surface area contributed by atoms with Crippen LogP contribution < -0.4 is 5.32 Å². The number of nitrogens with one attached hydrogen (secondary N) is 1. The van der Waals surface area contributed by atoms with Crippen LogP contribution in [0, 0.1) is 12.8 Å². The molecule has 7 heteroatoms. The van der Waals surface area contributed by atoms with Crippen molar-refractivity contribution in [2.75, 3.05) is 5.32 Å². The molecule has 0 saturated carbocycles. The van der Waals surface area contributed by atoms with E-state index in [9.17, 15) is 9.90 Å². The fourth-order valence-electron chi connectivity index (χ4n) is 3.01. The molecule has 0 unspecified atom stereocenters. The lowest BCUT2D eigenvalue weighted by Gasteiger charge is -2.15. The van der Waals surface area contributed by atoms with Crippen molar-refractivity contribution in [3.63, 3.8) is 0 Å². The largest absolute Gasteiger partial charge is 0.477 e. The van der Waals surface area contributed by atoms with E-state index in [-0.39, 0.29) is 5.41 Å². The summed E-state index contributed by atoms with van der Waals surface area (Å²) in [5.41, 5.74) is 3.38. The molecule has 0 aliphatic heterocycles. The van der Waals surface area contributed by atoms with E-state index >= 15 is 0 Å². The van der Waals surface area contributed by atoms with Crippen LogP contribution in [0.5, 0.6) is 0 Å². The molecule has 0 bridgehead atoms. The van der Waals surface area contributed by atoms with Gasteiger partial charge in [0.1, 0.15) is 4.88 Å². The number of halogens is 1. The van der Waals surface area contributed by atoms with E-state index in [0.717, 1.165) is 33.0 Å². The molecule has 2 heterocycles. The third kappa shape index (κ3) is 5.05. The van der Waals surface area contributed by atoms with Crippen LogP contribution in [0.15, 0.2) is 24.3 Å². The number of aromatic carboxylic acids is 1. The summed E-state index contributed by atoms with van der Waals surface area (Å²) in [7, 11) is 0. The minimum absolute atomic E-state index is 0.121. The molecule has 2 N–H and O–H groups in total. The Bertz CT molecular complexity index is 1080. The molecule has 30 heavy (non-hydrogen) atoms. The van der Waals surface area contributed by atoms with E-state index in [4.69, 9.17) is 16.6 Å². The number of aryl methyl sites for hydroxylation is 1. The lowest BCUT2D eigenvalue weighted by Crippen LogP contribution is -2.08. The summed E-state index contributed by atoms with van der Waals surface area (Å²) in [6.07, 6.45) is 0.892. The van der Waals surface area contributed by atoms with Gasteiger partial charge in [-0.05, 0) is 42.4 Å². The molecule has 3 rings (SSSR count). The van der Waals surface area contributed by atoms with Crippen LogP contribution in [0.3, 0.4) is 0 Å². The number of thiophene rings is 1. The van der Waals surface area contributed by atoms with Crippen LogP contribution in [0.25, 0.3) is 11.3 Å². The Hall–Kier alpha value is -1.89. The minimum Gasteiger partial charge on any atom is -0.477 e. The molecular formula is C23H27ClN2O2S2. The molecule has 0 fully saturated rings. The van der Waals surface area contributed by atoms with Crippen molar-refractivity contribution >= 4 is 51.1 Å². The highest BCUT2D eigenvalue weighted by Gasteiger charge is 2.24. The summed E-state index contributed by atoms with van der Waals surface area (Å²) in [6.45, 7) is 12.6. The van der Waals surface area contributed by atoms with E-state index in [1.165, 1.54) is 11.3 Å². The van der Waals surface area contributed by atoms with E-state index < -0.39 is 5.97 Å². The molecule has 1 aromatic carbocycles. The highest BCUT2D eigenvalue weighted by Crippen LogP contribution is 2.40. The average molecular weight is 463 g/mol. The van der Waals surface area contributed by atoms with Crippen molar-refractivity contribution in [3.8, 4) is 11.3 Å².